The molecule has 0 aliphatic heterocycles. The Balaban J connectivity index is 1.76. The molecule has 0 bridgehead atoms. The maximum atomic E-state index is 5.16. The van der Waals surface area contributed by atoms with Gasteiger partial charge < -0.3 is 10.6 Å². The number of anilines is 1. The van der Waals surface area contributed by atoms with Crippen molar-refractivity contribution >= 4 is 23.0 Å². The average Bonchev–Trinajstić information content (AvgIpc) is 3.00. The van der Waals surface area contributed by atoms with Crippen LogP contribution in [-0.2, 0) is 0 Å². The van der Waals surface area contributed by atoms with Gasteiger partial charge in [0, 0.05) is 12.2 Å². The lowest BCUT2D eigenvalue weighted by atomic mass is 10.3. The van der Waals surface area contributed by atoms with Crippen LogP contribution in [0.25, 0.3) is 0 Å². The van der Waals surface area contributed by atoms with Gasteiger partial charge >= 0.3 is 0 Å². The third-order valence-electron chi connectivity index (χ3n) is 2.28. The van der Waals surface area contributed by atoms with E-state index in [9.17, 15) is 0 Å². The number of rotatable bonds is 3. The molecule has 2 N–H and O–H groups in total. The maximum absolute atomic E-state index is 5.16. The minimum atomic E-state index is 0.725. The zero-order valence-electron chi connectivity index (χ0n) is 7.99. The van der Waals surface area contributed by atoms with Gasteiger partial charge in [0.05, 0.1) is 0 Å². The van der Waals surface area contributed by atoms with Gasteiger partial charge in [-0.25, -0.2) is 0 Å². The highest BCUT2D eigenvalue weighted by Gasteiger charge is 2.20. The molecule has 1 saturated carbocycles. The predicted molar refractivity (Wildman–Crippen MR) is 63.4 cm³/mol. The number of hydrogen-bond acceptors (Lipinski definition) is 1. The Labute approximate surface area is 89.7 Å². The monoisotopic (exact) mass is 206 g/mol. The molecule has 1 aromatic rings. The van der Waals surface area contributed by atoms with Crippen LogP contribution in [-0.4, -0.2) is 11.7 Å². The Kier molecular flexibility index (Phi) is 2.99. The van der Waals surface area contributed by atoms with E-state index in [1.54, 1.807) is 0 Å². The number of para-hydroxylation sites is 1. The number of thiocarbonyl (C=S) groups is 1. The van der Waals surface area contributed by atoms with Crippen LogP contribution in [0.4, 0.5) is 5.69 Å². The Morgan fingerprint density at radius 2 is 2.00 bits per heavy atom. The van der Waals surface area contributed by atoms with Crippen LogP contribution >= 0.6 is 12.2 Å². The number of nitrogens with one attached hydrogen (secondary N) is 2. The van der Waals surface area contributed by atoms with Crippen molar-refractivity contribution in [2.24, 2.45) is 5.92 Å². The molecular formula is C11H14N2S. The van der Waals surface area contributed by atoms with Gasteiger partial charge in [0.25, 0.3) is 0 Å². The van der Waals surface area contributed by atoms with Crippen LogP contribution < -0.4 is 10.6 Å². The van der Waals surface area contributed by atoms with Crippen molar-refractivity contribution in [3.8, 4) is 0 Å². The molecule has 74 valence electrons. The molecule has 0 amide bonds. The molecule has 1 aliphatic carbocycles. The lowest BCUT2D eigenvalue weighted by Crippen LogP contribution is -2.29. The van der Waals surface area contributed by atoms with E-state index in [1.807, 2.05) is 30.3 Å². The van der Waals surface area contributed by atoms with Crippen molar-refractivity contribution in [2.45, 2.75) is 12.8 Å². The summed E-state index contributed by atoms with van der Waals surface area (Å²) >= 11 is 5.16. The molecule has 1 aliphatic rings. The zero-order valence-corrected chi connectivity index (χ0v) is 8.81. The lowest BCUT2D eigenvalue weighted by Gasteiger charge is -2.09. The molecule has 0 aromatic heterocycles. The summed E-state index contributed by atoms with van der Waals surface area (Å²) in [6.07, 6.45) is 2.70. The topological polar surface area (TPSA) is 24.1 Å². The van der Waals surface area contributed by atoms with Crippen molar-refractivity contribution in [1.82, 2.24) is 5.32 Å². The van der Waals surface area contributed by atoms with Gasteiger partial charge in [-0.05, 0) is 43.1 Å². The molecule has 3 heteroatoms. The molecule has 0 spiro atoms. The van der Waals surface area contributed by atoms with Crippen LogP contribution in [0, 0.1) is 5.92 Å². The van der Waals surface area contributed by atoms with Gasteiger partial charge in [-0.3, -0.25) is 0 Å². The Morgan fingerprint density at radius 1 is 1.29 bits per heavy atom. The fraction of sp³-hybridized carbons (Fsp3) is 0.364. The largest absolute Gasteiger partial charge is 0.362 e. The highest BCUT2D eigenvalue weighted by molar-refractivity contribution is 7.80. The fourth-order valence-electron chi connectivity index (χ4n) is 1.26. The van der Waals surface area contributed by atoms with Crippen molar-refractivity contribution in [2.75, 3.05) is 11.9 Å². The Morgan fingerprint density at radius 3 is 2.64 bits per heavy atom. The van der Waals surface area contributed by atoms with E-state index in [0.29, 0.717) is 0 Å². The van der Waals surface area contributed by atoms with E-state index < -0.39 is 0 Å². The second-order valence-electron chi connectivity index (χ2n) is 3.64. The summed E-state index contributed by atoms with van der Waals surface area (Å²) < 4.78 is 0. The fourth-order valence-corrected chi connectivity index (χ4v) is 1.46. The van der Waals surface area contributed by atoms with Gasteiger partial charge in [0.15, 0.2) is 5.11 Å². The van der Waals surface area contributed by atoms with Crippen LogP contribution in [0.5, 0.6) is 0 Å². The molecule has 1 aromatic carbocycles. The van der Waals surface area contributed by atoms with E-state index in [-0.39, 0.29) is 0 Å². The first kappa shape index (κ1) is 9.46. The average molecular weight is 206 g/mol. The third kappa shape index (κ3) is 3.00. The summed E-state index contributed by atoms with van der Waals surface area (Å²) in [6, 6.07) is 9.99. The van der Waals surface area contributed by atoms with E-state index in [0.717, 1.165) is 23.3 Å². The highest BCUT2D eigenvalue weighted by Crippen LogP contribution is 2.27. The van der Waals surface area contributed by atoms with Crippen molar-refractivity contribution < 1.29 is 0 Å². The number of benzene rings is 1. The second kappa shape index (κ2) is 4.42. The molecule has 0 saturated heterocycles. The summed E-state index contributed by atoms with van der Waals surface area (Å²) in [5.41, 5.74) is 1.04. The maximum Gasteiger partial charge on any atom is 0.170 e. The lowest BCUT2D eigenvalue weighted by molar-refractivity contribution is 0.777. The van der Waals surface area contributed by atoms with Gasteiger partial charge in [0.2, 0.25) is 0 Å². The molecule has 0 heterocycles. The van der Waals surface area contributed by atoms with Crippen LogP contribution in [0.15, 0.2) is 30.3 Å². The molecular weight excluding hydrogens is 192 g/mol. The standard InChI is InChI=1S/C11H14N2S/c14-11(12-8-9-6-7-9)13-10-4-2-1-3-5-10/h1-5,9H,6-8H2,(H2,12,13,14). The summed E-state index contributed by atoms with van der Waals surface area (Å²) in [7, 11) is 0. The molecule has 0 atom stereocenters. The van der Waals surface area contributed by atoms with Crippen molar-refractivity contribution in [3.63, 3.8) is 0 Å². The molecule has 1 fully saturated rings. The summed E-state index contributed by atoms with van der Waals surface area (Å²) in [5, 5.41) is 7.08. The van der Waals surface area contributed by atoms with Crippen molar-refractivity contribution in [3.05, 3.63) is 30.3 Å². The van der Waals surface area contributed by atoms with E-state index >= 15 is 0 Å². The first-order valence-electron chi connectivity index (χ1n) is 4.94. The van der Waals surface area contributed by atoms with Gasteiger partial charge in [-0.2, -0.15) is 0 Å². The van der Waals surface area contributed by atoms with Crippen LogP contribution in [0.3, 0.4) is 0 Å². The summed E-state index contributed by atoms with van der Waals surface area (Å²) in [4.78, 5) is 0. The van der Waals surface area contributed by atoms with Crippen LogP contribution in [0.2, 0.25) is 0 Å². The Hall–Kier alpha value is -1.09. The second-order valence-corrected chi connectivity index (χ2v) is 4.05. The van der Waals surface area contributed by atoms with Crippen LogP contribution in [0.1, 0.15) is 12.8 Å². The van der Waals surface area contributed by atoms with Gasteiger partial charge in [0.1, 0.15) is 0 Å². The molecule has 2 nitrogen and oxygen atoms in total. The molecule has 2 rings (SSSR count). The minimum absolute atomic E-state index is 0.725. The Bertz CT molecular complexity index is 306. The highest BCUT2D eigenvalue weighted by atomic mass is 32.1. The number of hydrogen-bond donors (Lipinski definition) is 2. The van der Waals surface area contributed by atoms with E-state index in [2.05, 4.69) is 10.6 Å². The van der Waals surface area contributed by atoms with E-state index in [4.69, 9.17) is 12.2 Å². The first-order chi connectivity index (χ1) is 6.84. The first-order valence-corrected chi connectivity index (χ1v) is 5.35. The normalized spacial score (nSPS) is 14.9. The third-order valence-corrected chi connectivity index (χ3v) is 2.53. The smallest absolute Gasteiger partial charge is 0.170 e. The van der Waals surface area contributed by atoms with Gasteiger partial charge in [-0.15, -0.1) is 0 Å². The summed E-state index contributed by atoms with van der Waals surface area (Å²) in [6.45, 7) is 1.01. The predicted octanol–water partition coefficient (Wildman–Crippen LogP) is 2.38. The quantitative estimate of drug-likeness (QED) is 0.743. The molecule has 0 radical (unpaired) electrons. The molecule has 14 heavy (non-hydrogen) atoms. The van der Waals surface area contributed by atoms with E-state index in [1.165, 1.54) is 12.8 Å². The summed E-state index contributed by atoms with van der Waals surface area (Å²) in [5.74, 6) is 0.852. The minimum Gasteiger partial charge on any atom is -0.362 e. The SMILES string of the molecule is S=C(NCC1CC1)Nc1ccccc1. The zero-order chi connectivity index (χ0) is 9.80. The van der Waals surface area contributed by atoms with Gasteiger partial charge in [-0.1, -0.05) is 18.2 Å². The molecule has 0 unspecified atom stereocenters. The van der Waals surface area contributed by atoms with Crippen molar-refractivity contribution in [1.29, 1.82) is 0 Å².